The van der Waals surface area contributed by atoms with Gasteiger partial charge in [0.15, 0.2) is 0 Å². The normalized spacial score (nSPS) is 19.3. The standard InChI is InChI=1S/C25H28ClFN7O3S/c1-34(19-2-3-19)9-7-32(8-10-34)18-12-17(13-28-14-18)23-15-33(31-29-23)25-21(27)4-5-22(24(25)26)30-38(35,36)20-6-11-37-16-20/h4-6,11-16,19,29-31H,2-3,7-10H2,1H3/q+1. The van der Waals surface area contributed by atoms with Gasteiger partial charge in [-0.3, -0.25) is 14.7 Å². The molecule has 0 amide bonds. The molecule has 1 saturated carbocycles. The Labute approximate surface area is 225 Å². The Bertz CT molecular complexity index is 1490. The first-order valence-electron chi connectivity index (χ1n) is 12.3. The molecule has 0 radical (unpaired) electrons. The zero-order valence-corrected chi connectivity index (χ0v) is 22.3. The monoisotopic (exact) mass is 560 g/mol. The summed E-state index contributed by atoms with van der Waals surface area (Å²) in [7, 11) is -1.60. The maximum Gasteiger partial charge on any atom is 0.265 e. The molecule has 0 bridgehead atoms. The van der Waals surface area contributed by atoms with Crippen molar-refractivity contribution < 1.29 is 21.7 Å². The number of aromatic nitrogens is 1. The van der Waals surface area contributed by atoms with Gasteiger partial charge in [-0.15, -0.1) is 5.53 Å². The highest BCUT2D eigenvalue weighted by Crippen LogP contribution is 2.38. The van der Waals surface area contributed by atoms with Gasteiger partial charge in [0.2, 0.25) is 0 Å². The fourth-order valence-electron chi connectivity index (χ4n) is 5.02. The minimum absolute atomic E-state index is 0.0262. The van der Waals surface area contributed by atoms with Crippen LogP contribution in [0.4, 0.5) is 21.5 Å². The summed E-state index contributed by atoms with van der Waals surface area (Å²) < 4.78 is 48.5. The minimum atomic E-state index is -3.96. The topological polar surface area (TPSA) is 103 Å². The quantitative estimate of drug-likeness (QED) is 0.377. The van der Waals surface area contributed by atoms with Crippen LogP contribution in [-0.2, 0) is 10.0 Å². The first kappa shape index (κ1) is 25.0. The third kappa shape index (κ3) is 4.68. The Morgan fingerprint density at radius 1 is 1.21 bits per heavy atom. The van der Waals surface area contributed by atoms with E-state index in [-0.39, 0.29) is 21.3 Å². The maximum absolute atomic E-state index is 14.9. The van der Waals surface area contributed by atoms with Crippen LogP contribution in [-0.4, -0.2) is 57.2 Å². The zero-order chi connectivity index (χ0) is 26.5. The Kier molecular flexibility index (Phi) is 6.22. The molecule has 2 aliphatic heterocycles. The molecule has 3 aliphatic rings. The van der Waals surface area contributed by atoms with E-state index in [1.807, 2.05) is 6.20 Å². The van der Waals surface area contributed by atoms with Crippen LogP contribution in [0.1, 0.15) is 18.4 Å². The third-order valence-electron chi connectivity index (χ3n) is 7.52. The second-order valence-electron chi connectivity index (χ2n) is 10.0. The Hall–Kier alpha value is -3.32. The van der Waals surface area contributed by atoms with Gasteiger partial charge in [-0.1, -0.05) is 11.6 Å². The molecule has 1 saturated heterocycles. The predicted octanol–water partition coefficient (Wildman–Crippen LogP) is 3.52. The van der Waals surface area contributed by atoms with Crippen LogP contribution in [0.5, 0.6) is 0 Å². The van der Waals surface area contributed by atoms with Crippen molar-refractivity contribution in [1.29, 1.82) is 0 Å². The number of hydrazine groups is 2. The summed E-state index contributed by atoms with van der Waals surface area (Å²) in [5, 5.41) is 1.26. The van der Waals surface area contributed by atoms with E-state index >= 15 is 0 Å². The summed E-state index contributed by atoms with van der Waals surface area (Å²) in [6.45, 7) is 4.17. The molecule has 200 valence electrons. The lowest BCUT2D eigenvalue weighted by atomic mass is 10.1. The summed E-state index contributed by atoms with van der Waals surface area (Å²) in [6.07, 6.45) is 10.3. The molecule has 0 atom stereocenters. The number of sulfonamides is 1. The molecule has 1 aliphatic carbocycles. The molecule has 4 heterocycles. The Balaban J connectivity index is 1.22. The van der Waals surface area contributed by atoms with Crippen molar-refractivity contribution in [3.8, 4) is 0 Å². The number of benzene rings is 1. The average Bonchev–Trinajstić information content (AvgIpc) is 3.41. The van der Waals surface area contributed by atoms with Gasteiger partial charge in [-0.05, 0) is 24.3 Å². The van der Waals surface area contributed by atoms with Gasteiger partial charge >= 0.3 is 0 Å². The molecular formula is C25H28ClFN7O3S+. The summed E-state index contributed by atoms with van der Waals surface area (Å²) in [4.78, 5) is 6.72. The maximum atomic E-state index is 14.9. The van der Waals surface area contributed by atoms with E-state index < -0.39 is 15.8 Å². The van der Waals surface area contributed by atoms with Gasteiger partial charge in [0.25, 0.3) is 10.0 Å². The molecule has 0 spiro atoms. The number of likely N-dealkylation sites (N-methyl/N-ethyl adjacent to an activating group) is 1. The van der Waals surface area contributed by atoms with Crippen LogP contribution in [0.25, 0.3) is 5.70 Å². The van der Waals surface area contributed by atoms with Crippen molar-refractivity contribution in [3.05, 3.63) is 71.8 Å². The highest BCUT2D eigenvalue weighted by molar-refractivity contribution is 7.92. The first-order valence-corrected chi connectivity index (χ1v) is 14.2. The molecule has 6 rings (SSSR count). The van der Waals surface area contributed by atoms with Crippen molar-refractivity contribution in [1.82, 2.24) is 15.9 Å². The van der Waals surface area contributed by atoms with E-state index in [2.05, 4.69) is 38.7 Å². The van der Waals surface area contributed by atoms with Gasteiger partial charge in [-0.25, -0.2) is 12.8 Å². The van der Waals surface area contributed by atoms with Crippen LogP contribution in [0.3, 0.4) is 0 Å². The molecule has 3 N–H and O–H groups in total. The van der Waals surface area contributed by atoms with Crippen molar-refractivity contribution in [2.45, 2.75) is 23.8 Å². The van der Waals surface area contributed by atoms with Gasteiger partial charge < -0.3 is 19.2 Å². The number of hydrogen-bond acceptors (Lipinski definition) is 8. The first-order chi connectivity index (χ1) is 18.2. The van der Waals surface area contributed by atoms with E-state index in [4.69, 9.17) is 16.0 Å². The van der Waals surface area contributed by atoms with E-state index in [1.165, 1.54) is 36.2 Å². The smallest absolute Gasteiger partial charge is 0.265 e. The zero-order valence-electron chi connectivity index (χ0n) is 20.7. The van der Waals surface area contributed by atoms with Gasteiger partial charge in [0.1, 0.15) is 22.7 Å². The molecule has 1 aromatic carbocycles. The Morgan fingerprint density at radius 2 is 2.00 bits per heavy atom. The fraction of sp³-hybridized carbons (Fsp3) is 0.320. The fourth-order valence-corrected chi connectivity index (χ4v) is 6.36. The second kappa shape index (κ2) is 9.45. The number of furan rings is 1. The number of hydrogen-bond donors (Lipinski definition) is 3. The van der Waals surface area contributed by atoms with Crippen LogP contribution >= 0.6 is 11.6 Å². The van der Waals surface area contributed by atoms with Crippen LogP contribution in [0.15, 0.2) is 64.7 Å². The van der Waals surface area contributed by atoms with Crippen molar-refractivity contribution >= 4 is 44.4 Å². The van der Waals surface area contributed by atoms with Gasteiger partial charge in [-0.2, -0.15) is 0 Å². The van der Waals surface area contributed by atoms with Crippen LogP contribution < -0.4 is 25.6 Å². The highest BCUT2D eigenvalue weighted by Gasteiger charge is 2.43. The minimum Gasteiger partial charge on any atom is -0.471 e. The number of rotatable bonds is 7. The van der Waals surface area contributed by atoms with Gasteiger partial charge in [0, 0.05) is 30.8 Å². The van der Waals surface area contributed by atoms with Crippen LogP contribution in [0.2, 0.25) is 5.02 Å². The van der Waals surface area contributed by atoms with Crippen LogP contribution in [0, 0.1) is 5.82 Å². The van der Waals surface area contributed by atoms with Gasteiger partial charge in [0.05, 0.1) is 73.8 Å². The third-order valence-corrected chi connectivity index (χ3v) is 9.24. The Morgan fingerprint density at radius 3 is 2.71 bits per heavy atom. The SMILES string of the molecule is C[N+]1(C2CC2)CCN(c2cncc(C3=CN(c4c(F)ccc(NS(=O)(=O)c5ccoc5)c4Cl)NN3)c2)CC1. The summed E-state index contributed by atoms with van der Waals surface area (Å²) in [5.74, 6) is -0.634. The lowest BCUT2D eigenvalue weighted by Gasteiger charge is -2.43. The second-order valence-corrected chi connectivity index (χ2v) is 12.1. The van der Waals surface area contributed by atoms with E-state index in [9.17, 15) is 12.8 Å². The number of quaternary nitrogens is 1. The molecule has 13 heteroatoms. The molecule has 2 fully saturated rings. The average molecular weight is 561 g/mol. The summed E-state index contributed by atoms with van der Waals surface area (Å²) >= 11 is 6.48. The lowest BCUT2D eigenvalue weighted by molar-refractivity contribution is -0.920. The largest absolute Gasteiger partial charge is 0.471 e. The number of nitrogens with one attached hydrogen (secondary N) is 3. The van der Waals surface area contributed by atoms with E-state index in [0.29, 0.717) is 5.70 Å². The predicted molar refractivity (Wildman–Crippen MR) is 143 cm³/mol. The summed E-state index contributed by atoms with van der Waals surface area (Å²) in [5.41, 5.74) is 8.41. The van der Waals surface area contributed by atoms with Crippen molar-refractivity contribution in [3.63, 3.8) is 0 Å². The highest BCUT2D eigenvalue weighted by atomic mass is 35.5. The molecule has 38 heavy (non-hydrogen) atoms. The van der Waals surface area contributed by atoms with E-state index in [1.54, 1.807) is 12.4 Å². The molecule has 3 aromatic rings. The number of anilines is 3. The molecule has 0 unspecified atom stereocenters. The molecule has 10 nitrogen and oxygen atoms in total. The molecule has 2 aromatic heterocycles. The summed E-state index contributed by atoms with van der Waals surface area (Å²) in [6, 6.07) is 6.59. The van der Waals surface area contributed by atoms with Crippen molar-refractivity contribution in [2.24, 2.45) is 0 Å². The lowest BCUT2D eigenvalue weighted by Crippen LogP contribution is -2.58. The number of piperazine rings is 1. The van der Waals surface area contributed by atoms with Crippen molar-refractivity contribution in [2.75, 3.05) is 47.9 Å². The number of pyridine rings is 1. The number of halogens is 2. The van der Waals surface area contributed by atoms with E-state index in [0.717, 1.165) is 60.3 Å². The number of nitrogens with zero attached hydrogens (tertiary/aromatic N) is 4. The molecular weight excluding hydrogens is 533 g/mol.